The third-order valence-corrected chi connectivity index (χ3v) is 1.95. The number of hydrogen-bond acceptors (Lipinski definition) is 3. The van der Waals surface area contributed by atoms with Crippen LogP contribution >= 0.6 is 12.2 Å². The molecule has 0 aromatic carbocycles. The predicted molar refractivity (Wildman–Crippen MR) is 234 cm³/mol. The number of thiocarbonyl (C=S) groups is 1. The third-order valence-electron chi connectivity index (χ3n) is 1.95. The van der Waals surface area contributed by atoms with Crippen LogP contribution in [0, 0.1) is 24.1 Å². The van der Waals surface area contributed by atoms with Crippen molar-refractivity contribution in [2.45, 2.75) is 204 Å². The van der Waals surface area contributed by atoms with Gasteiger partial charge in [0.2, 0.25) is 0 Å². The summed E-state index contributed by atoms with van der Waals surface area (Å²) in [6.07, 6.45) is 8.83. The van der Waals surface area contributed by atoms with Gasteiger partial charge in [0.1, 0.15) is 5.78 Å². The first-order valence-corrected chi connectivity index (χ1v) is 15.7. The maximum Gasteiger partial charge on any atom is 0.126 e. The van der Waals surface area contributed by atoms with E-state index in [0.29, 0.717) is 0 Å². The Morgan fingerprint density at radius 1 is 0.510 bits per heavy atom. The first-order chi connectivity index (χ1) is 16.0. The second-order valence-electron chi connectivity index (χ2n) is 9.74. The number of carbonyl (C=O) groups excluding carboxylic acids is 1. The van der Waals surface area contributed by atoms with Gasteiger partial charge in [0, 0.05) is 185 Å². The van der Waals surface area contributed by atoms with Crippen LogP contribution in [0.25, 0.3) is 0 Å². The molecule has 0 bridgehead atoms. The quantitative estimate of drug-likeness (QED) is 0.105. The minimum Gasteiger partial charge on any atom is -0.501 e. The van der Waals surface area contributed by atoms with E-state index in [9.17, 15) is 4.79 Å². The largest absolute Gasteiger partial charge is 0.501 e. The van der Waals surface area contributed by atoms with Gasteiger partial charge >= 0.3 is 0 Å². The topological polar surface area (TPSA) is 29.4 Å². The first kappa shape index (κ1) is 140. The molecule has 0 unspecified atom stereocenters. The van der Waals surface area contributed by atoms with Crippen LogP contribution in [0.15, 0.2) is 21.7 Å². The number of hydrogen-bond donors (Lipinski definition) is 0. The van der Waals surface area contributed by atoms with E-state index in [4.69, 9.17) is 0 Å². The SMILES string of the molecule is C.C.C.C.C.C.C.C.CC(C)=O.CC(C)=S.CN=C(C)C.C[C-](C)C.C[C-]=C(C)C.C[C-]=C(C)C.C[C-]=C(C)C.C[Si](C)C.[Y].[Y].[Y].[Y].[Y]. The van der Waals surface area contributed by atoms with Crippen molar-refractivity contribution in [1.82, 2.24) is 0 Å². The van der Waals surface area contributed by atoms with Crippen LogP contribution in [0.5, 0.6) is 0 Å². The molecule has 0 saturated heterocycles. The van der Waals surface area contributed by atoms with Gasteiger partial charge in [-0.25, -0.2) is 0 Å². The molecular formula is C40H98NOSSiY5-4. The van der Waals surface area contributed by atoms with Crippen LogP contribution in [0.4, 0.5) is 0 Å². The Hall–Kier alpha value is 4.39. The summed E-state index contributed by atoms with van der Waals surface area (Å²) in [7, 11) is 1.91. The molecule has 0 aliphatic rings. The van der Waals surface area contributed by atoms with Gasteiger partial charge in [-0.05, 0) is 46.4 Å². The van der Waals surface area contributed by atoms with Crippen molar-refractivity contribution >= 4 is 37.4 Å². The maximum absolute atomic E-state index is 9.44. The zero-order valence-corrected chi connectivity index (χ0v) is 47.7. The van der Waals surface area contributed by atoms with E-state index < -0.39 is 0 Å². The second-order valence-corrected chi connectivity index (χ2v) is 13.6. The molecule has 0 atom stereocenters. The molecule has 0 aromatic heterocycles. The van der Waals surface area contributed by atoms with Gasteiger partial charge in [-0.15, -0.1) is 0 Å². The van der Waals surface area contributed by atoms with Gasteiger partial charge in [-0.2, -0.15) is 41.5 Å². The van der Waals surface area contributed by atoms with Crippen LogP contribution in [0.3, 0.4) is 0 Å². The monoisotopic (exact) mass is 1110 g/mol. The molecule has 0 heterocycles. The minimum absolute atomic E-state index is 0. The van der Waals surface area contributed by atoms with Crippen molar-refractivity contribution in [3.63, 3.8) is 0 Å². The number of Topliss-reactive ketones (excluding diaryl/α,β-unsaturated/α-hetero) is 1. The van der Waals surface area contributed by atoms with Crippen molar-refractivity contribution in [2.75, 3.05) is 7.05 Å². The molecular weight excluding hydrogens is 1020 g/mol. The van der Waals surface area contributed by atoms with E-state index in [1.54, 1.807) is 7.05 Å². The average Bonchev–Trinajstić information content (AvgIpc) is 2.67. The molecule has 0 amide bonds. The number of allylic oxidation sites excluding steroid dienone is 6. The van der Waals surface area contributed by atoms with E-state index in [1.807, 2.05) is 90.0 Å². The van der Waals surface area contributed by atoms with Crippen LogP contribution < -0.4 is 0 Å². The van der Waals surface area contributed by atoms with Crippen LogP contribution in [0.2, 0.25) is 19.6 Å². The van der Waals surface area contributed by atoms with Gasteiger partial charge < -0.3 is 28.9 Å². The Bertz CT molecular complexity index is 468. The fourth-order valence-corrected chi connectivity index (χ4v) is 0. The summed E-state index contributed by atoms with van der Waals surface area (Å²) in [5.74, 6) is 1.58. The van der Waals surface area contributed by atoms with E-state index in [-0.39, 0.29) is 238 Å². The molecule has 0 N–H and O–H groups in total. The first-order valence-electron chi connectivity index (χ1n) is 12.3. The molecule has 9 heteroatoms. The number of aliphatic imine (C=N–C) groups is 1. The van der Waals surface area contributed by atoms with Crippen molar-refractivity contribution in [1.29, 1.82) is 0 Å². The van der Waals surface area contributed by atoms with Crippen LogP contribution in [-0.2, 0) is 168 Å². The summed E-state index contributed by atoms with van der Waals surface area (Å²) >= 11 is 4.54. The normalized spacial score (nSPS) is 5.39. The Morgan fingerprint density at radius 3 is 0.551 bits per heavy atom. The van der Waals surface area contributed by atoms with E-state index in [0.717, 1.165) is 10.6 Å². The Labute approximate surface area is 454 Å². The van der Waals surface area contributed by atoms with E-state index >= 15 is 0 Å². The molecule has 298 valence electrons. The maximum atomic E-state index is 9.44. The molecule has 0 aliphatic heterocycles. The van der Waals surface area contributed by atoms with Gasteiger partial charge in [-0.3, -0.25) is 21.7 Å². The molecule has 49 heavy (non-hydrogen) atoms. The van der Waals surface area contributed by atoms with Crippen LogP contribution in [-0.4, -0.2) is 32.2 Å². The third kappa shape index (κ3) is 867. The minimum atomic E-state index is 0. The van der Waals surface area contributed by atoms with Gasteiger partial charge in [-0.1, -0.05) is 133 Å². The number of nitrogens with zero attached hydrogens (tertiary/aromatic N) is 1. The Morgan fingerprint density at radius 2 is 0.551 bits per heavy atom. The summed E-state index contributed by atoms with van der Waals surface area (Å²) in [4.78, 5) is 14.2. The summed E-state index contributed by atoms with van der Waals surface area (Å²) in [5.41, 5.74) is 4.89. The van der Waals surface area contributed by atoms with Crippen molar-refractivity contribution in [3.05, 3.63) is 40.9 Å². The molecule has 0 rings (SSSR count). The van der Waals surface area contributed by atoms with Crippen molar-refractivity contribution in [2.24, 2.45) is 4.99 Å². The van der Waals surface area contributed by atoms with Gasteiger partial charge in [0.05, 0.1) is 0 Å². The van der Waals surface area contributed by atoms with Gasteiger partial charge in [0.15, 0.2) is 0 Å². The fourth-order valence-electron chi connectivity index (χ4n) is 0. The smallest absolute Gasteiger partial charge is 0.126 e. The Kier molecular flexibility index (Phi) is 376. The molecule has 0 saturated carbocycles. The zero-order valence-electron chi connectivity index (χ0n) is 31.7. The van der Waals surface area contributed by atoms with Crippen LogP contribution in [0.1, 0.15) is 184 Å². The molecule has 2 nitrogen and oxygen atoms in total. The molecule has 6 radical (unpaired) electrons. The summed E-state index contributed by atoms with van der Waals surface area (Å²) in [5, 5.41) is 0. The second kappa shape index (κ2) is 132. The Balaban J connectivity index is -0.00000000929. The molecule has 0 spiro atoms. The summed E-state index contributed by atoms with van der Waals surface area (Å²) in [6.45, 7) is 41.8. The summed E-state index contributed by atoms with van der Waals surface area (Å²) in [6, 6.07) is 0. The number of carbonyl (C=O) groups is 1. The number of ketones is 1. The predicted octanol–water partition coefficient (Wildman–Crippen LogP) is 16.5. The van der Waals surface area contributed by atoms with E-state index in [2.05, 4.69) is 75.9 Å². The van der Waals surface area contributed by atoms with Crippen molar-refractivity contribution in [3.8, 4) is 0 Å². The molecule has 0 fully saturated rings. The molecule has 0 aromatic rings. The molecule has 0 aliphatic carbocycles. The fraction of sp³-hybridized carbons (Fsp3) is 0.750. The number of rotatable bonds is 0. The van der Waals surface area contributed by atoms with Crippen molar-refractivity contribution < 1.29 is 168 Å². The zero-order chi connectivity index (χ0) is 31.4. The average molecular weight is 1110 g/mol. The standard InChI is InChI=1S/3C5H9.C4H9N.C4H9.C3H6O.C3H6S.C3H9Si.8CH4.5Y/c3*1-4-5(2)3;1-4(2)5-3;1-4(2)3;2*1-3(2)4;1-4(2)3;;;;;;;;;;;;;/h4*1-3H3;1-3H3;2*1-2H3;1-3H3;8*1H4;;;;;/q3*-1;;-1;;;;;;;;;;;;;;;;. The van der Waals surface area contributed by atoms with Gasteiger partial charge in [0.25, 0.3) is 0 Å². The summed E-state index contributed by atoms with van der Waals surface area (Å²) < 4.78 is 0. The van der Waals surface area contributed by atoms with E-state index in [1.165, 1.54) is 36.5 Å².